The van der Waals surface area contributed by atoms with Crippen LogP contribution in [0.25, 0.3) is 0 Å². The Morgan fingerprint density at radius 3 is 2.75 bits per heavy atom. The molecule has 0 aromatic heterocycles. The number of nitrogens with zero attached hydrogens (tertiary/aromatic N) is 1. The van der Waals surface area contributed by atoms with Gasteiger partial charge in [0.15, 0.2) is 0 Å². The molecule has 0 aromatic carbocycles. The highest BCUT2D eigenvalue weighted by molar-refractivity contribution is 4.94. The zero-order valence-electron chi connectivity index (χ0n) is 7.32. The molecule has 2 aliphatic rings. The van der Waals surface area contributed by atoms with Gasteiger partial charge in [0, 0.05) is 12.6 Å². The molecule has 0 aromatic rings. The van der Waals surface area contributed by atoms with Gasteiger partial charge in [0.2, 0.25) is 0 Å². The summed E-state index contributed by atoms with van der Waals surface area (Å²) in [5.41, 5.74) is 0. The Morgan fingerprint density at radius 2 is 1.92 bits per heavy atom. The molecule has 2 heterocycles. The molecule has 3 heteroatoms. The number of fused-ring (bicyclic) bond motifs is 1. The molecular formula is C9H17NO2. The lowest BCUT2D eigenvalue weighted by Crippen LogP contribution is -2.35. The molecule has 2 saturated heterocycles. The second kappa shape index (κ2) is 3.32. The van der Waals surface area contributed by atoms with Crippen molar-refractivity contribution in [3.63, 3.8) is 0 Å². The van der Waals surface area contributed by atoms with Crippen LogP contribution in [0.2, 0.25) is 0 Å². The molecule has 3 unspecified atom stereocenters. The van der Waals surface area contributed by atoms with Crippen LogP contribution in [0, 0.1) is 0 Å². The summed E-state index contributed by atoms with van der Waals surface area (Å²) in [6, 6.07) is 0.238. The Morgan fingerprint density at radius 1 is 1.08 bits per heavy atom. The van der Waals surface area contributed by atoms with Crippen LogP contribution >= 0.6 is 0 Å². The molecule has 2 rings (SSSR count). The predicted molar refractivity (Wildman–Crippen MR) is 45.8 cm³/mol. The van der Waals surface area contributed by atoms with Gasteiger partial charge in [-0.1, -0.05) is 12.8 Å². The van der Waals surface area contributed by atoms with Crippen molar-refractivity contribution in [3.05, 3.63) is 0 Å². The molecule has 0 radical (unpaired) electrons. The molecule has 3 atom stereocenters. The zero-order chi connectivity index (χ0) is 8.55. The predicted octanol–water partition coefficient (Wildman–Crippen LogP) is -0.0336. The van der Waals surface area contributed by atoms with E-state index >= 15 is 0 Å². The Balaban J connectivity index is 2.04. The third-order valence-corrected chi connectivity index (χ3v) is 3.12. The van der Waals surface area contributed by atoms with Gasteiger partial charge in [-0.2, -0.15) is 0 Å². The lowest BCUT2D eigenvalue weighted by atomic mass is 10.1. The highest BCUT2D eigenvalue weighted by atomic mass is 16.3. The number of aliphatic hydroxyl groups is 2. The summed E-state index contributed by atoms with van der Waals surface area (Å²) in [5.74, 6) is 0. The number of aliphatic hydroxyl groups excluding tert-OH is 2. The van der Waals surface area contributed by atoms with Crippen molar-refractivity contribution in [2.45, 2.75) is 43.9 Å². The van der Waals surface area contributed by atoms with E-state index in [2.05, 4.69) is 4.90 Å². The third-order valence-electron chi connectivity index (χ3n) is 3.12. The van der Waals surface area contributed by atoms with Crippen LogP contribution < -0.4 is 0 Å². The van der Waals surface area contributed by atoms with Crippen LogP contribution in [0.5, 0.6) is 0 Å². The normalized spacial score (nSPS) is 44.0. The molecule has 0 spiro atoms. The van der Waals surface area contributed by atoms with Crippen molar-refractivity contribution >= 4 is 0 Å². The summed E-state index contributed by atoms with van der Waals surface area (Å²) in [6.45, 7) is 1.73. The molecule has 0 aliphatic carbocycles. The Bertz CT molecular complexity index is 163. The summed E-state index contributed by atoms with van der Waals surface area (Å²) in [5, 5.41) is 19.1. The number of rotatable bonds is 0. The van der Waals surface area contributed by atoms with Gasteiger partial charge in [-0.3, -0.25) is 4.90 Å². The summed E-state index contributed by atoms with van der Waals surface area (Å²) in [4.78, 5) is 2.24. The summed E-state index contributed by atoms with van der Waals surface area (Å²) < 4.78 is 0. The standard InChI is InChI=1S/C9H17NO2/c11-8-6-10-5-3-1-2-4-7(10)9(8)12/h7-9,11-12H,1-6H2. The maximum atomic E-state index is 9.63. The average Bonchev–Trinajstić information content (AvgIpc) is 2.30. The molecule has 2 N–H and O–H groups in total. The van der Waals surface area contributed by atoms with E-state index < -0.39 is 12.2 Å². The number of hydrogen-bond donors (Lipinski definition) is 2. The quantitative estimate of drug-likeness (QED) is 0.538. The Hall–Kier alpha value is -0.120. The van der Waals surface area contributed by atoms with Crippen molar-refractivity contribution < 1.29 is 10.2 Å². The number of hydrogen-bond acceptors (Lipinski definition) is 3. The third kappa shape index (κ3) is 1.37. The van der Waals surface area contributed by atoms with Gasteiger partial charge >= 0.3 is 0 Å². The van der Waals surface area contributed by atoms with Gasteiger partial charge < -0.3 is 10.2 Å². The largest absolute Gasteiger partial charge is 0.389 e. The molecule has 0 amide bonds. The Labute approximate surface area is 73.0 Å². The molecule has 0 saturated carbocycles. The van der Waals surface area contributed by atoms with Crippen LogP contribution in [-0.4, -0.2) is 46.5 Å². The van der Waals surface area contributed by atoms with E-state index in [1.54, 1.807) is 0 Å². The minimum absolute atomic E-state index is 0.238. The van der Waals surface area contributed by atoms with E-state index in [4.69, 9.17) is 0 Å². The van der Waals surface area contributed by atoms with Gasteiger partial charge in [0.05, 0.1) is 12.2 Å². The van der Waals surface area contributed by atoms with Gasteiger partial charge in [0.1, 0.15) is 0 Å². The SMILES string of the molecule is OC1CN2CCCCCC2C1O. The highest BCUT2D eigenvalue weighted by Gasteiger charge is 2.39. The Kier molecular flexibility index (Phi) is 2.35. The molecule has 2 aliphatic heterocycles. The van der Waals surface area contributed by atoms with Crippen molar-refractivity contribution in [1.82, 2.24) is 4.90 Å². The maximum Gasteiger partial charge on any atom is 0.0966 e. The fraction of sp³-hybridized carbons (Fsp3) is 1.00. The fourth-order valence-electron chi connectivity index (χ4n) is 2.41. The first kappa shape index (κ1) is 8.48. The van der Waals surface area contributed by atoms with Crippen LogP contribution in [0.15, 0.2) is 0 Å². The monoisotopic (exact) mass is 171 g/mol. The lowest BCUT2D eigenvalue weighted by molar-refractivity contribution is 0.0364. The summed E-state index contributed by atoms with van der Waals surface area (Å²) >= 11 is 0. The van der Waals surface area contributed by atoms with E-state index in [0.717, 1.165) is 13.0 Å². The fourth-order valence-corrected chi connectivity index (χ4v) is 2.41. The molecule has 2 fully saturated rings. The van der Waals surface area contributed by atoms with E-state index in [-0.39, 0.29) is 6.04 Å². The molecule has 70 valence electrons. The van der Waals surface area contributed by atoms with E-state index in [0.29, 0.717) is 6.54 Å². The lowest BCUT2D eigenvalue weighted by Gasteiger charge is -2.22. The second-order valence-electron chi connectivity index (χ2n) is 3.97. The minimum Gasteiger partial charge on any atom is -0.389 e. The first-order valence-electron chi connectivity index (χ1n) is 4.89. The summed E-state index contributed by atoms with van der Waals surface area (Å²) in [6.07, 6.45) is 3.74. The van der Waals surface area contributed by atoms with Crippen LogP contribution in [-0.2, 0) is 0 Å². The van der Waals surface area contributed by atoms with Gasteiger partial charge in [0.25, 0.3) is 0 Å². The van der Waals surface area contributed by atoms with Crippen molar-refractivity contribution in [3.8, 4) is 0 Å². The van der Waals surface area contributed by atoms with Crippen LogP contribution in [0.4, 0.5) is 0 Å². The topological polar surface area (TPSA) is 43.7 Å². The second-order valence-corrected chi connectivity index (χ2v) is 3.97. The molecule has 12 heavy (non-hydrogen) atoms. The highest BCUT2D eigenvalue weighted by Crippen LogP contribution is 2.26. The van der Waals surface area contributed by atoms with Crippen molar-refractivity contribution in [1.29, 1.82) is 0 Å². The van der Waals surface area contributed by atoms with E-state index in [1.165, 1.54) is 19.3 Å². The van der Waals surface area contributed by atoms with Gasteiger partial charge in [-0.05, 0) is 19.4 Å². The van der Waals surface area contributed by atoms with Crippen LogP contribution in [0.1, 0.15) is 25.7 Å². The van der Waals surface area contributed by atoms with E-state index in [1.807, 2.05) is 0 Å². The van der Waals surface area contributed by atoms with Gasteiger partial charge in [-0.25, -0.2) is 0 Å². The van der Waals surface area contributed by atoms with Crippen LogP contribution in [0.3, 0.4) is 0 Å². The smallest absolute Gasteiger partial charge is 0.0966 e. The van der Waals surface area contributed by atoms with Gasteiger partial charge in [-0.15, -0.1) is 0 Å². The average molecular weight is 171 g/mol. The molecular weight excluding hydrogens is 154 g/mol. The minimum atomic E-state index is -0.506. The summed E-state index contributed by atoms with van der Waals surface area (Å²) in [7, 11) is 0. The maximum absolute atomic E-state index is 9.63. The zero-order valence-corrected chi connectivity index (χ0v) is 7.32. The molecule has 0 bridgehead atoms. The van der Waals surface area contributed by atoms with E-state index in [9.17, 15) is 10.2 Å². The first-order chi connectivity index (χ1) is 5.79. The van der Waals surface area contributed by atoms with Crippen molar-refractivity contribution in [2.24, 2.45) is 0 Å². The molecule has 3 nitrogen and oxygen atoms in total. The van der Waals surface area contributed by atoms with Crippen molar-refractivity contribution in [2.75, 3.05) is 13.1 Å². The first-order valence-corrected chi connectivity index (χ1v) is 4.89.